The minimum absolute atomic E-state index is 0.287. The van der Waals surface area contributed by atoms with Gasteiger partial charge in [-0.2, -0.15) is 0 Å². The van der Waals surface area contributed by atoms with Crippen LogP contribution in [0.15, 0.2) is 120 Å². The molecule has 7 rings (SSSR count). The number of hydrogen-bond donors (Lipinski definition) is 0. The van der Waals surface area contributed by atoms with E-state index in [0.29, 0.717) is 0 Å². The smallest absolute Gasteiger partial charge is 0.505 e. The third-order valence-electron chi connectivity index (χ3n) is 8.63. The van der Waals surface area contributed by atoms with Gasteiger partial charge in [0.15, 0.2) is 5.60 Å². The zero-order valence-corrected chi connectivity index (χ0v) is 23.3. The number of furan rings is 1. The van der Waals surface area contributed by atoms with E-state index in [9.17, 15) is 0 Å². The molecule has 196 valence electrons. The summed E-state index contributed by atoms with van der Waals surface area (Å²) < 4.78 is 17.8. The summed E-state index contributed by atoms with van der Waals surface area (Å²) in [5, 5.41) is 2.16. The Hall–Kier alpha value is -4.12. The first-order valence-corrected chi connectivity index (χ1v) is 13.9. The molecule has 1 saturated heterocycles. The second-order valence-corrected chi connectivity index (χ2v) is 11.7. The second-order valence-electron chi connectivity index (χ2n) is 11.7. The van der Waals surface area contributed by atoms with E-state index in [1.807, 2.05) is 18.2 Å². The molecule has 0 radical (unpaired) electrons. The van der Waals surface area contributed by atoms with Crippen molar-refractivity contribution in [2.24, 2.45) is 0 Å². The van der Waals surface area contributed by atoms with Crippen LogP contribution in [0.3, 0.4) is 0 Å². The van der Waals surface area contributed by atoms with Gasteiger partial charge in [-0.1, -0.05) is 91.0 Å². The quantitative estimate of drug-likeness (QED) is 0.172. The Kier molecular flexibility index (Phi) is 5.74. The highest BCUT2D eigenvalue weighted by atomic mass is 16.7. The van der Waals surface area contributed by atoms with Crippen molar-refractivity contribution in [3.8, 4) is 33.4 Å². The van der Waals surface area contributed by atoms with E-state index < -0.39 is 0 Å². The third kappa shape index (κ3) is 4.16. The molecule has 40 heavy (non-hydrogen) atoms. The summed E-state index contributed by atoms with van der Waals surface area (Å²) in [6.07, 6.45) is 0. The van der Waals surface area contributed by atoms with Gasteiger partial charge in [-0.05, 0) is 71.5 Å². The molecule has 2 heterocycles. The molecule has 0 aliphatic carbocycles. The van der Waals surface area contributed by atoms with Crippen LogP contribution in [0.4, 0.5) is 0 Å². The minimum atomic E-state index is -0.357. The van der Waals surface area contributed by atoms with Crippen LogP contribution in [0.25, 0.3) is 55.3 Å². The summed E-state index contributed by atoms with van der Waals surface area (Å²) in [6, 6.07) is 40.7. The van der Waals surface area contributed by atoms with Gasteiger partial charge in [-0.25, -0.2) is 0 Å². The molecule has 0 bridgehead atoms. The Bertz CT molecular complexity index is 1830. The molecule has 1 N–H and O–H groups in total. The van der Waals surface area contributed by atoms with E-state index in [-0.39, 0.29) is 18.3 Å². The van der Waals surface area contributed by atoms with Gasteiger partial charge >= 0.3 is 7.12 Å². The SMILES string of the molecule is CC1(C)OB(c2cccc3oc4ccc(-c5cccc(-c6ccc(-c7ccccc7)cc6)c5)cc4c23)[OH+]C1(C)C. The lowest BCUT2D eigenvalue weighted by molar-refractivity contribution is -0.0705. The van der Waals surface area contributed by atoms with Crippen molar-refractivity contribution in [3.63, 3.8) is 0 Å². The van der Waals surface area contributed by atoms with Gasteiger partial charge in [0.2, 0.25) is 0 Å². The highest BCUT2D eigenvalue weighted by molar-refractivity contribution is 6.65. The maximum atomic E-state index is 6.48. The average Bonchev–Trinajstić information content (AvgIpc) is 3.45. The summed E-state index contributed by atoms with van der Waals surface area (Å²) in [4.78, 5) is 0. The fraction of sp³-hybridized carbons (Fsp3) is 0.167. The van der Waals surface area contributed by atoms with E-state index in [2.05, 4.69) is 125 Å². The summed E-state index contributed by atoms with van der Waals surface area (Å²) in [7, 11) is -0.333. The molecule has 4 heteroatoms. The van der Waals surface area contributed by atoms with E-state index in [1.54, 1.807) is 0 Å². The normalized spacial score (nSPS) is 16.1. The van der Waals surface area contributed by atoms with Crippen molar-refractivity contribution in [1.82, 2.24) is 0 Å². The molecule has 0 amide bonds. The van der Waals surface area contributed by atoms with Crippen molar-refractivity contribution in [2.75, 3.05) is 0 Å². The lowest BCUT2D eigenvalue weighted by Crippen LogP contribution is -2.43. The Morgan fingerprint density at radius 2 is 1.12 bits per heavy atom. The summed E-state index contributed by atoms with van der Waals surface area (Å²) in [6.45, 7) is 8.51. The largest absolute Gasteiger partial charge is 0.733 e. The molecule has 0 unspecified atom stereocenters. The monoisotopic (exact) mass is 523 g/mol. The Labute approximate surface area is 235 Å². The van der Waals surface area contributed by atoms with E-state index in [4.69, 9.17) is 13.7 Å². The second kappa shape index (κ2) is 9.23. The van der Waals surface area contributed by atoms with Crippen LogP contribution < -0.4 is 5.46 Å². The molecule has 1 aliphatic rings. The Balaban J connectivity index is 1.27. The fourth-order valence-corrected chi connectivity index (χ4v) is 5.63. The van der Waals surface area contributed by atoms with Gasteiger partial charge in [0, 0.05) is 24.6 Å². The lowest BCUT2D eigenvalue weighted by atomic mass is 9.76. The lowest BCUT2D eigenvalue weighted by Gasteiger charge is -2.28. The van der Waals surface area contributed by atoms with Crippen LogP contribution in [0, 0.1) is 0 Å². The van der Waals surface area contributed by atoms with Crippen LogP contribution in [0.2, 0.25) is 0 Å². The zero-order chi connectivity index (χ0) is 27.5. The van der Waals surface area contributed by atoms with Crippen LogP contribution in [-0.2, 0) is 4.65 Å². The number of hydrogen-bond acceptors (Lipinski definition) is 2. The van der Waals surface area contributed by atoms with Crippen LogP contribution in [0.1, 0.15) is 27.7 Å². The van der Waals surface area contributed by atoms with Crippen molar-refractivity contribution < 1.29 is 13.7 Å². The van der Waals surface area contributed by atoms with E-state index in [0.717, 1.165) is 33.0 Å². The first-order valence-electron chi connectivity index (χ1n) is 13.9. The topological polar surface area (TPSA) is 35.2 Å². The van der Waals surface area contributed by atoms with Crippen LogP contribution in [-0.4, -0.2) is 23.0 Å². The first kappa shape index (κ1) is 24.9. The highest BCUT2D eigenvalue weighted by Gasteiger charge is 2.59. The minimum Gasteiger partial charge on any atom is -0.505 e. The van der Waals surface area contributed by atoms with Gasteiger partial charge < -0.3 is 13.7 Å². The number of fused-ring (bicyclic) bond motifs is 3. The molecule has 0 atom stereocenters. The predicted octanol–water partition coefficient (Wildman–Crippen LogP) is 8.40. The standard InChI is InChI=1S/C36H31BO3/c1-35(2)36(3,4)40-37(39-35)31-14-9-15-33-34(31)30-23-29(20-21-32(30)38-33)28-13-8-12-27(22-28)26-18-16-25(17-19-26)24-10-6-5-7-11-24/h5-23H,1-4H3/p+1. The zero-order valence-electron chi connectivity index (χ0n) is 23.3. The van der Waals surface area contributed by atoms with Gasteiger partial charge in [-0.15, -0.1) is 0 Å². The molecule has 0 saturated carbocycles. The molecule has 6 aromatic rings. The molecule has 1 fully saturated rings. The number of benzene rings is 5. The third-order valence-corrected chi connectivity index (χ3v) is 8.63. The number of rotatable bonds is 4. The van der Waals surface area contributed by atoms with Crippen molar-refractivity contribution in [3.05, 3.63) is 115 Å². The summed E-state index contributed by atoms with van der Waals surface area (Å²) in [5.74, 6) is 0. The Morgan fingerprint density at radius 3 is 1.82 bits per heavy atom. The predicted molar refractivity (Wildman–Crippen MR) is 167 cm³/mol. The van der Waals surface area contributed by atoms with Crippen molar-refractivity contribution in [1.29, 1.82) is 0 Å². The first-order chi connectivity index (χ1) is 19.3. The Morgan fingerprint density at radius 1 is 0.550 bits per heavy atom. The highest BCUT2D eigenvalue weighted by Crippen LogP contribution is 2.37. The average molecular weight is 523 g/mol. The van der Waals surface area contributed by atoms with Gasteiger partial charge in [0.25, 0.3) is 0 Å². The summed E-state index contributed by atoms with van der Waals surface area (Å²) >= 11 is 0. The van der Waals surface area contributed by atoms with Gasteiger partial charge in [0.05, 0.1) is 5.46 Å². The molecule has 1 aromatic heterocycles. The summed E-state index contributed by atoms with van der Waals surface area (Å²) in [5.41, 5.74) is 9.30. The van der Waals surface area contributed by atoms with E-state index >= 15 is 0 Å². The van der Waals surface area contributed by atoms with Gasteiger partial charge in [-0.3, -0.25) is 0 Å². The fourth-order valence-electron chi connectivity index (χ4n) is 5.63. The van der Waals surface area contributed by atoms with Crippen LogP contribution >= 0.6 is 0 Å². The molecular formula is C36H32BO3+. The maximum absolute atomic E-state index is 6.48. The molecular weight excluding hydrogens is 491 g/mol. The molecule has 1 aliphatic heterocycles. The number of aliphatic hydroxyl groups is 1. The molecule has 3 nitrogen and oxygen atoms in total. The molecule has 5 aromatic carbocycles. The van der Waals surface area contributed by atoms with Crippen LogP contribution in [0.5, 0.6) is 0 Å². The van der Waals surface area contributed by atoms with E-state index in [1.165, 1.54) is 27.8 Å². The van der Waals surface area contributed by atoms with Crippen molar-refractivity contribution in [2.45, 2.75) is 38.9 Å². The van der Waals surface area contributed by atoms with Crippen molar-refractivity contribution >= 4 is 34.5 Å². The maximum Gasteiger partial charge on any atom is 0.733 e. The molecule has 0 spiro atoms. The van der Waals surface area contributed by atoms with Gasteiger partial charge in [0.1, 0.15) is 16.8 Å².